The minimum atomic E-state index is -0.434. The molecule has 2 amide bonds. The highest BCUT2D eigenvalue weighted by Gasteiger charge is 2.39. The van der Waals surface area contributed by atoms with E-state index in [1.54, 1.807) is 7.05 Å². The SMILES string of the molecule is CNC(C)C(=O)N[C@H](C(=O)N1CCC[C@H]1c1cccc(Cc2ccccc2)c1)C1CCCCC1. The maximum atomic E-state index is 13.9. The number of likely N-dealkylation sites (N-methyl/N-ethyl adjacent to an activating group) is 1. The Morgan fingerprint density at radius 1 is 0.941 bits per heavy atom. The molecule has 182 valence electrons. The number of likely N-dealkylation sites (tertiary alicyclic amines) is 1. The third kappa shape index (κ3) is 5.87. The zero-order valence-corrected chi connectivity index (χ0v) is 20.6. The van der Waals surface area contributed by atoms with Crippen molar-refractivity contribution in [2.24, 2.45) is 5.92 Å². The standard InChI is InChI=1S/C29H39N3O2/c1-21(30-2)28(33)31-27(24-14-7-4-8-15-24)29(34)32-18-10-17-26(32)25-16-9-13-23(20-25)19-22-11-5-3-6-12-22/h3,5-6,9,11-13,16,20-21,24,26-27,30H,4,7-8,10,14-15,17-19H2,1-2H3,(H,31,33)/t21?,26-,27-/m0/s1. The first-order valence-corrected chi connectivity index (χ1v) is 13.0. The largest absolute Gasteiger partial charge is 0.343 e. The monoisotopic (exact) mass is 461 g/mol. The molecule has 4 rings (SSSR count). The van der Waals surface area contributed by atoms with E-state index in [1.807, 2.05) is 17.9 Å². The van der Waals surface area contributed by atoms with E-state index >= 15 is 0 Å². The van der Waals surface area contributed by atoms with E-state index in [4.69, 9.17) is 0 Å². The lowest BCUT2D eigenvalue weighted by atomic mass is 9.83. The van der Waals surface area contributed by atoms with Gasteiger partial charge < -0.3 is 15.5 Å². The van der Waals surface area contributed by atoms with Crippen molar-refractivity contribution in [3.8, 4) is 0 Å². The number of carbonyl (C=O) groups excluding carboxylic acids is 2. The van der Waals surface area contributed by atoms with Crippen LogP contribution in [0.1, 0.15) is 74.6 Å². The molecule has 2 N–H and O–H groups in total. The molecule has 34 heavy (non-hydrogen) atoms. The summed E-state index contributed by atoms with van der Waals surface area (Å²) in [6.07, 6.45) is 8.37. The molecule has 5 heteroatoms. The van der Waals surface area contributed by atoms with Gasteiger partial charge in [-0.15, -0.1) is 0 Å². The second-order valence-corrected chi connectivity index (χ2v) is 9.99. The van der Waals surface area contributed by atoms with Gasteiger partial charge in [0, 0.05) is 6.54 Å². The summed E-state index contributed by atoms with van der Waals surface area (Å²) in [4.78, 5) is 28.8. The topological polar surface area (TPSA) is 61.4 Å². The van der Waals surface area contributed by atoms with Crippen molar-refractivity contribution in [1.29, 1.82) is 0 Å². The summed E-state index contributed by atoms with van der Waals surface area (Å²) in [6, 6.07) is 18.5. The van der Waals surface area contributed by atoms with E-state index in [2.05, 4.69) is 59.2 Å². The van der Waals surface area contributed by atoms with E-state index in [9.17, 15) is 9.59 Å². The molecule has 1 aliphatic carbocycles. The van der Waals surface area contributed by atoms with Crippen molar-refractivity contribution < 1.29 is 9.59 Å². The molecule has 3 atom stereocenters. The van der Waals surface area contributed by atoms with E-state index in [0.717, 1.165) is 51.5 Å². The molecular weight excluding hydrogens is 422 g/mol. The molecular formula is C29H39N3O2. The Hall–Kier alpha value is -2.66. The molecule has 1 saturated heterocycles. The molecule has 0 aromatic heterocycles. The van der Waals surface area contributed by atoms with E-state index in [1.165, 1.54) is 23.1 Å². The van der Waals surface area contributed by atoms with Gasteiger partial charge in [-0.1, -0.05) is 73.9 Å². The Bertz CT molecular complexity index is 955. The van der Waals surface area contributed by atoms with Crippen molar-refractivity contribution in [2.45, 2.75) is 76.4 Å². The summed E-state index contributed by atoms with van der Waals surface area (Å²) in [7, 11) is 1.78. The second kappa shape index (κ2) is 11.7. The van der Waals surface area contributed by atoms with Crippen molar-refractivity contribution >= 4 is 11.8 Å². The second-order valence-electron chi connectivity index (χ2n) is 9.99. The van der Waals surface area contributed by atoms with E-state index in [-0.39, 0.29) is 29.8 Å². The number of hydrogen-bond acceptors (Lipinski definition) is 3. The number of benzene rings is 2. The van der Waals surface area contributed by atoms with E-state index in [0.29, 0.717) is 0 Å². The Kier molecular flexibility index (Phi) is 8.39. The Labute approximate surface area is 204 Å². The molecule has 1 saturated carbocycles. The Morgan fingerprint density at radius 2 is 1.68 bits per heavy atom. The van der Waals surface area contributed by atoms with Crippen LogP contribution in [0.4, 0.5) is 0 Å². The van der Waals surface area contributed by atoms with Crippen LogP contribution in [-0.2, 0) is 16.0 Å². The maximum absolute atomic E-state index is 13.9. The fourth-order valence-corrected chi connectivity index (χ4v) is 5.56. The van der Waals surface area contributed by atoms with Gasteiger partial charge in [-0.05, 0) is 68.7 Å². The lowest BCUT2D eigenvalue weighted by Gasteiger charge is -2.35. The molecule has 1 unspecified atom stereocenters. The van der Waals surface area contributed by atoms with Gasteiger partial charge in [0.15, 0.2) is 0 Å². The van der Waals surface area contributed by atoms with Gasteiger partial charge in [0.25, 0.3) is 0 Å². The van der Waals surface area contributed by atoms with Crippen LogP contribution >= 0.6 is 0 Å². The summed E-state index contributed by atoms with van der Waals surface area (Å²) in [5, 5.41) is 6.14. The average Bonchev–Trinajstić information content (AvgIpc) is 3.38. The number of nitrogens with one attached hydrogen (secondary N) is 2. The first-order chi connectivity index (χ1) is 16.6. The van der Waals surface area contributed by atoms with Crippen molar-refractivity contribution in [3.05, 3.63) is 71.3 Å². The van der Waals surface area contributed by atoms with Crippen LogP contribution in [0.15, 0.2) is 54.6 Å². The Morgan fingerprint density at radius 3 is 2.41 bits per heavy atom. The summed E-state index contributed by atoms with van der Waals surface area (Å²) in [5.74, 6) is 0.228. The predicted molar refractivity (Wildman–Crippen MR) is 136 cm³/mol. The van der Waals surface area contributed by atoms with Gasteiger partial charge in [-0.25, -0.2) is 0 Å². The lowest BCUT2D eigenvalue weighted by Crippen LogP contribution is -2.55. The molecule has 0 radical (unpaired) electrons. The minimum absolute atomic E-state index is 0.0768. The fraction of sp³-hybridized carbons (Fsp3) is 0.517. The van der Waals surface area contributed by atoms with Crippen LogP contribution in [0.5, 0.6) is 0 Å². The number of hydrogen-bond donors (Lipinski definition) is 2. The highest BCUT2D eigenvalue weighted by Crippen LogP contribution is 2.35. The first kappa shape index (κ1) is 24.5. The molecule has 2 fully saturated rings. The lowest BCUT2D eigenvalue weighted by molar-refractivity contribution is -0.139. The smallest absolute Gasteiger partial charge is 0.245 e. The summed E-state index contributed by atoms with van der Waals surface area (Å²) in [5.41, 5.74) is 3.76. The molecule has 0 bridgehead atoms. The Balaban J connectivity index is 1.53. The van der Waals surface area contributed by atoms with Crippen LogP contribution in [0.2, 0.25) is 0 Å². The molecule has 2 aliphatic rings. The summed E-state index contributed by atoms with van der Waals surface area (Å²) in [6.45, 7) is 2.60. The van der Waals surface area contributed by atoms with Gasteiger partial charge in [0.2, 0.25) is 11.8 Å². The third-order valence-corrected chi connectivity index (χ3v) is 7.63. The number of amides is 2. The number of nitrogens with zero attached hydrogens (tertiary/aromatic N) is 1. The fourth-order valence-electron chi connectivity index (χ4n) is 5.56. The van der Waals surface area contributed by atoms with Gasteiger partial charge in [-0.3, -0.25) is 9.59 Å². The van der Waals surface area contributed by atoms with Gasteiger partial charge >= 0.3 is 0 Å². The maximum Gasteiger partial charge on any atom is 0.245 e. The molecule has 0 spiro atoms. The third-order valence-electron chi connectivity index (χ3n) is 7.63. The molecule has 1 aliphatic heterocycles. The van der Waals surface area contributed by atoms with E-state index < -0.39 is 6.04 Å². The summed E-state index contributed by atoms with van der Waals surface area (Å²) >= 11 is 0. The molecule has 2 aromatic carbocycles. The van der Waals surface area contributed by atoms with Crippen molar-refractivity contribution in [3.63, 3.8) is 0 Å². The van der Waals surface area contributed by atoms with Crippen LogP contribution in [0.25, 0.3) is 0 Å². The van der Waals surface area contributed by atoms with Crippen LogP contribution < -0.4 is 10.6 Å². The van der Waals surface area contributed by atoms with Crippen LogP contribution in [-0.4, -0.2) is 42.4 Å². The summed E-state index contributed by atoms with van der Waals surface area (Å²) < 4.78 is 0. The highest BCUT2D eigenvalue weighted by molar-refractivity contribution is 5.90. The van der Waals surface area contributed by atoms with Crippen molar-refractivity contribution in [1.82, 2.24) is 15.5 Å². The van der Waals surface area contributed by atoms with Crippen LogP contribution in [0.3, 0.4) is 0 Å². The average molecular weight is 462 g/mol. The van der Waals surface area contributed by atoms with Crippen molar-refractivity contribution in [2.75, 3.05) is 13.6 Å². The molecule has 5 nitrogen and oxygen atoms in total. The minimum Gasteiger partial charge on any atom is -0.343 e. The predicted octanol–water partition coefficient (Wildman–Crippen LogP) is 4.61. The highest BCUT2D eigenvalue weighted by atomic mass is 16.2. The van der Waals surface area contributed by atoms with Crippen LogP contribution in [0, 0.1) is 5.92 Å². The van der Waals surface area contributed by atoms with Gasteiger partial charge in [-0.2, -0.15) is 0 Å². The quantitative estimate of drug-likeness (QED) is 0.603. The number of carbonyl (C=O) groups is 2. The van der Waals surface area contributed by atoms with Gasteiger partial charge in [0.05, 0.1) is 12.1 Å². The molecule has 2 aromatic rings. The zero-order valence-electron chi connectivity index (χ0n) is 20.6. The normalized spacial score (nSPS) is 20.6. The first-order valence-electron chi connectivity index (χ1n) is 13.0. The number of rotatable bonds is 8. The molecule has 1 heterocycles. The zero-order chi connectivity index (χ0) is 23.9. The van der Waals surface area contributed by atoms with Gasteiger partial charge in [0.1, 0.15) is 6.04 Å².